The first kappa shape index (κ1) is 12.7. The van der Waals surface area contributed by atoms with Crippen LogP contribution in [0.15, 0.2) is 16.6 Å². The van der Waals surface area contributed by atoms with Gasteiger partial charge in [0, 0.05) is 22.9 Å². The first-order valence-electron chi connectivity index (χ1n) is 6.13. The molecule has 1 atom stereocenters. The highest BCUT2D eigenvalue weighted by atomic mass is 79.9. The SMILES string of the molecule is O=C(O)C(O)c1cc2c(cc1Br)OC1(CCCC1)O2. The third kappa shape index (κ3) is 2.08. The fourth-order valence-electron chi connectivity index (χ4n) is 2.59. The predicted molar refractivity (Wildman–Crippen MR) is 69.2 cm³/mol. The molecule has 0 bridgehead atoms. The molecule has 1 fully saturated rings. The second kappa shape index (κ2) is 4.38. The van der Waals surface area contributed by atoms with Crippen LogP contribution < -0.4 is 9.47 Å². The Balaban J connectivity index is 1.96. The average molecular weight is 329 g/mol. The van der Waals surface area contributed by atoms with Crippen LogP contribution >= 0.6 is 15.9 Å². The van der Waals surface area contributed by atoms with Crippen molar-refractivity contribution in [2.75, 3.05) is 0 Å². The van der Waals surface area contributed by atoms with Gasteiger partial charge in [-0.25, -0.2) is 4.79 Å². The van der Waals surface area contributed by atoms with Crippen LogP contribution in [-0.4, -0.2) is 22.0 Å². The maximum Gasteiger partial charge on any atom is 0.337 e. The highest BCUT2D eigenvalue weighted by Gasteiger charge is 2.44. The normalized spacial score (nSPS) is 20.7. The quantitative estimate of drug-likeness (QED) is 0.872. The van der Waals surface area contributed by atoms with Crippen molar-refractivity contribution in [3.8, 4) is 11.5 Å². The molecule has 1 saturated carbocycles. The molecule has 102 valence electrons. The molecule has 2 N–H and O–H groups in total. The van der Waals surface area contributed by atoms with E-state index in [-0.39, 0.29) is 5.56 Å². The number of carboxylic acids is 1. The van der Waals surface area contributed by atoms with Crippen LogP contribution in [0.3, 0.4) is 0 Å². The van der Waals surface area contributed by atoms with E-state index in [1.165, 1.54) is 6.07 Å². The van der Waals surface area contributed by atoms with Crippen molar-refractivity contribution in [2.45, 2.75) is 37.6 Å². The van der Waals surface area contributed by atoms with Gasteiger partial charge in [0.2, 0.25) is 0 Å². The van der Waals surface area contributed by atoms with Crippen molar-refractivity contribution >= 4 is 21.9 Å². The summed E-state index contributed by atoms with van der Waals surface area (Å²) in [6.07, 6.45) is 2.19. The van der Waals surface area contributed by atoms with E-state index in [0.717, 1.165) is 25.7 Å². The number of hydrogen-bond acceptors (Lipinski definition) is 4. The molecule has 0 radical (unpaired) electrons. The van der Waals surface area contributed by atoms with Crippen LogP contribution in [0.1, 0.15) is 37.4 Å². The molecular formula is C13H13BrO5. The van der Waals surface area contributed by atoms with Crippen LogP contribution in [0.2, 0.25) is 0 Å². The van der Waals surface area contributed by atoms with Gasteiger partial charge in [0.25, 0.3) is 5.79 Å². The summed E-state index contributed by atoms with van der Waals surface area (Å²) < 4.78 is 12.2. The van der Waals surface area contributed by atoms with Gasteiger partial charge in [-0.3, -0.25) is 0 Å². The molecule has 6 heteroatoms. The van der Waals surface area contributed by atoms with Gasteiger partial charge >= 0.3 is 5.97 Å². The van der Waals surface area contributed by atoms with E-state index in [9.17, 15) is 9.90 Å². The van der Waals surface area contributed by atoms with Gasteiger partial charge < -0.3 is 19.7 Å². The predicted octanol–water partition coefficient (Wildman–Crippen LogP) is 2.61. The number of aliphatic hydroxyl groups excluding tert-OH is 1. The third-order valence-electron chi connectivity index (χ3n) is 3.55. The monoisotopic (exact) mass is 328 g/mol. The summed E-state index contributed by atoms with van der Waals surface area (Å²) in [4.78, 5) is 10.9. The number of rotatable bonds is 2. The van der Waals surface area contributed by atoms with Gasteiger partial charge in [0.1, 0.15) is 0 Å². The Kier molecular flexibility index (Phi) is 2.94. The number of benzene rings is 1. The van der Waals surface area contributed by atoms with Gasteiger partial charge in [-0.2, -0.15) is 0 Å². The number of carboxylic acid groups (broad SMARTS) is 1. The molecule has 1 unspecified atom stereocenters. The highest BCUT2D eigenvalue weighted by molar-refractivity contribution is 9.10. The average Bonchev–Trinajstić information content (AvgIpc) is 2.94. The molecule has 1 aliphatic heterocycles. The molecular weight excluding hydrogens is 316 g/mol. The lowest BCUT2D eigenvalue weighted by Gasteiger charge is -2.21. The molecule has 2 aliphatic rings. The molecule has 1 spiro atoms. The lowest BCUT2D eigenvalue weighted by Crippen LogP contribution is -2.34. The molecule has 5 nitrogen and oxygen atoms in total. The standard InChI is InChI=1S/C13H13BrO5/c14-8-6-10-9(5-7(8)11(15)12(16)17)18-13(19-10)3-1-2-4-13/h5-6,11,15H,1-4H2,(H,16,17). The van der Waals surface area contributed by atoms with Crippen molar-refractivity contribution in [3.63, 3.8) is 0 Å². The number of aliphatic hydroxyl groups is 1. The van der Waals surface area contributed by atoms with Crippen LogP contribution in [-0.2, 0) is 4.79 Å². The summed E-state index contributed by atoms with van der Waals surface area (Å²) in [5, 5.41) is 18.5. The fourth-order valence-corrected chi connectivity index (χ4v) is 3.13. The Morgan fingerprint density at radius 2 is 1.84 bits per heavy atom. The number of halogens is 1. The fraction of sp³-hybridized carbons (Fsp3) is 0.462. The smallest absolute Gasteiger partial charge is 0.337 e. The maximum atomic E-state index is 10.9. The minimum Gasteiger partial charge on any atom is -0.479 e. The summed E-state index contributed by atoms with van der Waals surface area (Å²) in [5.74, 6) is -0.792. The van der Waals surface area contributed by atoms with E-state index in [1.54, 1.807) is 6.07 Å². The number of carbonyl (C=O) groups is 1. The molecule has 19 heavy (non-hydrogen) atoms. The van der Waals surface area contributed by atoms with Crippen LogP contribution in [0.25, 0.3) is 0 Å². The molecule has 1 aliphatic carbocycles. The van der Waals surface area contributed by atoms with Crippen molar-refractivity contribution < 1.29 is 24.5 Å². The largest absolute Gasteiger partial charge is 0.479 e. The Bertz CT molecular complexity index is 536. The second-order valence-electron chi connectivity index (χ2n) is 4.88. The highest BCUT2D eigenvalue weighted by Crippen LogP contribution is 2.48. The summed E-state index contributed by atoms with van der Waals surface area (Å²) in [7, 11) is 0. The first-order valence-corrected chi connectivity index (χ1v) is 6.92. The Hall–Kier alpha value is -1.27. The van der Waals surface area contributed by atoms with Gasteiger partial charge in [-0.05, 0) is 25.0 Å². The van der Waals surface area contributed by atoms with Gasteiger partial charge in [-0.15, -0.1) is 0 Å². The summed E-state index contributed by atoms with van der Waals surface area (Å²) in [5.41, 5.74) is 0.268. The second-order valence-corrected chi connectivity index (χ2v) is 5.74. The third-order valence-corrected chi connectivity index (χ3v) is 4.24. The zero-order chi connectivity index (χ0) is 13.6. The number of fused-ring (bicyclic) bond motifs is 1. The van der Waals surface area contributed by atoms with E-state index in [0.29, 0.717) is 16.0 Å². The lowest BCUT2D eigenvalue weighted by molar-refractivity contribution is -0.147. The molecule has 0 amide bonds. The van der Waals surface area contributed by atoms with E-state index in [4.69, 9.17) is 14.6 Å². The van der Waals surface area contributed by atoms with Crippen molar-refractivity contribution in [3.05, 3.63) is 22.2 Å². The van der Waals surface area contributed by atoms with Crippen molar-refractivity contribution in [1.82, 2.24) is 0 Å². The molecule has 0 aromatic heterocycles. The van der Waals surface area contributed by atoms with E-state index in [1.807, 2.05) is 0 Å². The number of aliphatic carboxylic acids is 1. The molecule has 0 saturated heterocycles. The summed E-state index contributed by atoms with van der Waals surface area (Å²) in [6, 6.07) is 3.19. The van der Waals surface area contributed by atoms with E-state index >= 15 is 0 Å². The number of ether oxygens (including phenoxy) is 2. The Labute approximate surface area is 118 Å². The van der Waals surface area contributed by atoms with Gasteiger partial charge in [0.05, 0.1) is 0 Å². The molecule has 1 aromatic rings. The van der Waals surface area contributed by atoms with Crippen LogP contribution in [0, 0.1) is 0 Å². The van der Waals surface area contributed by atoms with Gasteiger partial charge in [-0.1, -0.05) is 15.9 Å². The van der Waals surface area contributed by atoms with Gasteiger partial charge in [0.15, 0.2) is 17.6 Å². The lowest BCUT2D eigenvalue weighted by atomic mass is 10.1. The van der Waals surface area contributed by atoms with Crippen molar-refractivity contribution in [1.29, 1.82) is 0 Å². The molecule has 1 aromatic carbocycles. The summed E-state index contributed by atoms with van der Waals surface area (Å²) in [6.45, 7) is 0. The number of hydrogen-bond donors (Lipinski definition) is 2. The van der Waals surface area contributed by atoms with Crippen molar-refractivity contribution in [2.24, 2.45) is 0 Å². The zero-order valence-corrected chi connectivity index (χ0v) is 11.6. The van der Waals surface area contributed by atoms with E-state index < -0.39 is 17.9 Å². The van der Waals surface area contributed by atoms with Crippen LogP contribution in [0.4, 0.5) is 0 Å². The molecule has 3 rings (SSSR count). The minimum atomic E-state index is -1.58. The zero-order valence-electron chi connectivity index (χ0n) is 10.1. The summed E-state index contributed by atoms with van der Waals surface area (Å²) >= 11 is 3.26. The topological polar surface area (TPSA) is 76.0 Å². The first-order chi connectivity index (χ1) is 9.01. The maximum absolute atomic E-state index is 10.9. The molecule has 1 heterocycles. The Morgan fingerprint density at radius 3 is 2.42 bits per heavy atom. The van der Waals surface area contributed by atoms with E-state index in [2.05, 4.69) is 15.9 Å². The minimum absolute atomic E-state index is 0.268. The Morgan fingerprint density at radius 1 is 1.26 bits per heavy atom. The van der Waals surface area contributed by atoms with Crippen LogP contribution in [0.5, 0.6) is 11.5 Å².